The van der Waals surface area contributed by atoms with Crippen molar-refractivity contribution in [1.29, 1.82) is 0 Å². The number of hydrogen-bond acceptors (Lipinski definition) is 4. The molecule has 1 aliphatic heterocycles. The Bertz CT molecular complexity index is 472. The summed E-state index contributed by atoms with van der Waals surface area (Å²) in [5.74, 6) is 1.03. The summed E-state index contributed by atoms with van der Waals surface area (Å²) in [4.78, 5) is 12.0. The predicted octanol–water partition coefficient (Wildman–Crippen LogP) is 0.747. The number of benzene rings is 1. The molecule has 1 saturated carbocycles. The van der Waals surface area contributed by atoms with Crippen LogP contribution in [0.4, 0.5) is 5.69 Å². The Kier molecular flexibility index (Phi) is 3.29. The standard InChI is InChI=1S/C14H18N2O3/c17-10-5-9(6-10)7-16-14(18)13-8-15-11-3-1-2-4-12(11)19-13/h1-4,9-10,13,15,17H,5-8H2,(H,16,18). The minimum atomic E-state index is -0.486. The maximum absolute atomic E-state index is 12.0. The molecule has 0 aromatic heterocycles. The Morgan fingerprint density at radius 3 is 3.00 bits per heavy atom. The highest BCUT2D eigenvalue weighted by atomic mass is 16.5. The van der Waals surface area contributed by atoms with Crippen LogP contribution >= 0.6 is 0 Å². The van der Waals surface area contributed by atoms with E-state index in [9.17, 15) is 9.90 Å². The molecule has 5 heteroatoms. The third-order valence-corrected chi connectivity index (χ3v) is 3.70. The summed E-state index contributed by atoms with van der Waals surface area (Å²) in [5, 5.41) is 15.3. The molecule has 1 fully saturated rings. The molecule has 102 valence electrons. The van der Waals surface area contributed by atoms with Crippen molar-refractivity contribution < 1.29 is 14.6 Å². The number of hydrogen-bond donors (Lipinski definition) is 3. The molecule has 3 N–H and O–H groups in total. The van der Waals surface area contributed by atoms with Crippen LogP contribution < -0.4 is 15.4 Å². The predicted molar refractivity (Wildman–Crippen MR) is 71.1 cm³/mol. The lowest BCUT2D eigenvalue weighted by atomic mass is 9.82. The number of ether oxygens (including phenoxy) is 1. The summed E-state index contributed by atoms with van der Waals surface area (Å²) in [6.07, 6.45) is 0.904. The minimum Gasteiger partial charge on any atom is -0.477 e. The van der Waals surface area contributed by atoms with Crippen LogP contribution in [0.1, 0.15) is 12.8 Å². The number of aliphatic hydroxyl groups is 1. The summed E-state index contributed by atoms with van der Waals surface area (Å²) in [7, 11) is 0. The van der Waals surface area contributed by atoms with Gasteiger partial charge in [-0.25, -0.2) is 0 Å². The topological polar surface area (TPSA) is 70.6 Å². The van der Waals surface area contributed by atoms with Gasteiger partial charge in [0.25, 0.3) is 5.91 Å². The first-order valence-corrected chi connectivity index (χ1v) is 6.67. The summed E-state index contributed by atoms with van der Waals surface area (Å²) < 4.78 is 5.67. The first-order chi connectivity index (χ1) is 9.22. The van der Waals surface area contributed by atoms with Gasteiger partial charge in [-0.15, -0.1) is 0 Å². The lowest BCUT2D eigenvalue weighted by molar-refractivity contribution is -0.128. The largest absolute Gasteiger partial charge is 0.477 e. The maximum atomic E-state index is 12.0. The van der Waals surface area contributed by atoms with Gasteiger partial charge in [0.1, 0.15) is 5.75 Å². The molecule has 19 heavy (non-hydrogen) atoms. The Hall–Kier alpha value is -1.75. The Morgan fingerprint density at radius 2 is 2.21 bits per heavy atom. The smallest absolute Gasteiger partial charge is 0.262 e. The van der Waals surface area contributed by atoms with Crippen molar-refractivity contribution in [2.45, 2.75) is 25.0 Å². The molecule has 1 unspecified atom stereocenters. The Morgan fingerprint density at radius 1 is 1.42 bits per heavy atom. The third kappa shape index (κ3) is 2.66. The highest BCUT2D eigenvalue weighted by Gasteiger charge is 2.30. The van der Waals surface area contributed by atoms with Gasteiger partial charge in [-0.2, -0.15) is 0 Å². The van der Waals surface area contributed by atoms with E-state index in [1.54, 1.807) is 0 Å². The number of anilines is 1. The SMILES string of the molecule is O=C(NCC1CC(O)C1)C1CNc2ccccc2O1. The molecule has 5 nitrogen and oxygen atoms in total. The van der Waals surface area contributed by atoms with E-state index in [-0.39, 0.29) is 12.0 Å². The molecule has 1 heterocycles. The first-order valence-electron chi connectivity index (χ1n) is 6.67. The van der Waals surface area contributed by atoms with Gasteiger partial charge in [-0.1, -0.05) is 12.1 Å². The lowest BCUT2D eigenvalue weighted by Crippen LogP contribution is -2.47. The van der Waals surface area contributed by atoms with Crippen LogP contribution in [0.25, 0.3) is 0 Å². The molecule has 1 aliphatic carbocycles. The van der Waals surface area contributed by atoms with Crippen LogP contribution in [-0.2, 0) is 4.79 Å². The van der Waals surface area contributed by atoms with E-state index >= 15 is 0 Å². The number of carbonyl (C=O) groups excluding carboxylic acids is 1. The van der Waals surface area contributed by atoms with Crippen molar-refractivity contribution in [3.63, 3.8) is 0 Å². The second kappa shape index (κ2) is 5.09. The average molecular weight is 262 g/mol. The van der Waals surface area contributed by atoms with E-state index in [4.69, 9.17) is 4.74 Å². The highest BCUT2D eigenvalue weighted by Crippen LogP contribution is 2.28. The van der Waals surface area contributed by atoms with Crippen LogP contribution in [0.15, 0.2) is 24.3 Å². The Labute approximate surface area is 112 Å². The number of fused-ring (bicyclic) bond motifs is 1. The average Bonchev–Trinajstić information content (AvgIpc) is 2.41. The zero-order chi connectivity index (χ0) is 13.2. The van der Waals surface area contributed by atoms with Gasteiger partial charge in [0.05, 0.1) is 18.3 Å². The summed E-state index contributed by atoms with van der Waals surface area (Å²) in [5.41, 5.74) is 0.925. The third-order valence-electron chi connectivity index (χ3n) is 3.70. The quantitative estimate of drug-likeness (QED) is 0.751. The number of aliphatic hydroxyl groups excluding tert-OH is 1. The molecular weight excluding hydrogens is 244 g/mol. The van der Waals surface area contributed by atoms with E-state index in [1.165, 1.54) is 0 Å². The van der Waals surface area contributed by atoms with Crippen LogP contribution in [0.5, 0.6) is 5.75 Å². The van der Waals surface area contributed by atoms with Crippen LogP contribution in [-0.4, -0.2) is 36.3 Å². The molecule has 0 saturated heterocycles. The van der Waals surface area contributed by atoms with Crippen LogP contribution in [0, 0.1) is 5.92 Å². The zero-order valence-corrected chi connectivity index (χ0v) is 10.6. The summed E-state index contributed by atoms with van der Waals surface area (Å²) >= 11 is 0. The lowest BCUT2D eigenvalue weighted by Gasteiger charge is -2.32. The van der Waals surface area contributed by atoms with Crippen molar-refractivity contribution >= 4 is 11.6 Å². The van der Waals surface area contributed by atoms with E-state index in [0.717, 1.165) is 18.5 Å². The van der Waals surface area contributed by atoms with Gasteiger partial charge in [0.2, 0.25) is 0 Å². The molecule has 2 aliphatic rings. The van der Waals surface area contributed by atoms with Crippen molar-refractivity contribution in [3.8, 4) is 5.75 Å². The number of carbonyl (C=O) groups is 1. The van der Waals surface area contributed by atoms with E-state index in [2.05, 4.69) is 10.6 Å². The second-order valence-corrected chi connectivity index (χ2v) is 5.22. The van der Waals surface area contributed by atoms with Gasteiger partial charge in [0.15, 0.2) is 6.10 Å². The van der Waals surface area contributed by atoms with Gasteiger partial charge in [-0.3, -0.25) is 4.79 Å². The molecule has 0 radical (unpaired) electrons. The first kappa shape index (κ1) is 12.3. The molecule has 1 atom stereocenters. The second-order valence-electron chi connectivity index (χ2n) is 5.22. The molecule has 1 aromatic carbocycles. The van der Waals surface area contributed by atoms with Gasteiger partial charge < -0.3 is 20.5 Å². The van der Waals surface area contributed by atoms with Crippen molar-refractivity contribution in [2.75, 3.05) is 18.4 Å². The molecule has 1 amide bonds. The van der Waals surface area contributed by atoms with Crippen molar-refractivity contribution in [3.05, 3.63) is 24.3 Å². The molecule has 0 spiro atoms. The van der Waals surface area contributed by atoms with Crippen molar-refractivity contribution in [1.82, 2.24) is 5.32 Å². The minimum absolute atomic E-state index is 0.0941. The highest BCUT2D eigenvalue weighted by molar-refractivity contribution is 5.83. The number of rotatable bonds is 3. The van der Waals surface area contributed by atoms with Gasteiger partial charge in [0, 0.05) is 6.54 Å². The molecular formula is C14H18N2O3. The van der Waals surface area contributed by atoms with Crippen LogP contribution in [0.3, 0.4) is 0 Å². The van der Waals surface area contributed by atoms with E-state index < -0.39 is 6.10 Å². The van der Waals surface area contributed by atoms with Crippen LogP contribution in [0.2, 0.25) is 0 Å². The number of para-hydroxylation sites is 2. The number of nitrogens with one attached hydrogen (secondary N) is 2. The summed E-state index contributed by atoms with van der Waals surface area (Å²) in [6.45, 7) is 1.10. The fourth-order valence-corrected chi connectivity index (χ4v) is 2.49. The van der Waals surface area contributed by atoms with E-state index in [0.29, 0.717) is 24.8 Å². The fourth-order valence-electron chi connectivity index (χ4n) is 2.49. The zero-order valence-electron chi connectivity index (χ0n) is 10.6. The molecule has 3 rings (SSSR count). The molecule has 1 aromatic rings. The normalized spacial score (nSPS) is 28.4. The van der Waals surface area contributed by atoms with Gasteiger partial charge >= 0.3 is 0 Å². The maximum Gasteiger partial charge on any atom is 0.262 e. The monoisotopic (exact) mass is 262 g/mol. The number of amides is 1. The fraction of sp³-hybridized carbons (Fsp3) is 0.500. The Balaban J connectivity index is 1.51. The summed E-state index contributed by atoms with van der Waals surface area (Å²) in [6, 6.07) is 7.59. The van der Waals surface area contributed by atoms with Gasteiger partial charge in [-0.05, 0) is 30.9 Å². The molecule has 0 bridgehead atoms. The van der Waals surface area contributed by atoms with Crippen molar-refractivity contribution in [2.24, 2.45) is 5.92 Å². The van der Waals surface area contributed by atoms with E-state index in [1.807, 2.05) is 24.3 Å².